The van der Waals surface area contributed by atoms with Gasteiger partial charge in [0, 0.05) is 41.5 Å². The van der Waals surface area contributed by atoms with E-state index >= 15 is 0 Å². The van der Waals surface area contributed by atoms with Gasteiger partial charge >= 0.3 is 0 Å². The van der Waals surface area contributed by atoms with E-state index in [1.165, 1.54) is 19.6 Å². The lowest BCUT2D eigenvalue weighted by Gasteiger charge is -2.10. The molecule has 0 atom stereocenters. The van der Waals surface area contributed by atoms with Crippen LogP contribution >= 0.6 is 0 Å². The van der Waals surface area contributed by atoms with Gasteiger partial charge in [0.25, 0.3) is 5.91 Å². The molecule has 4 rings (SSSR count). The molecule has 1 amide bonds. The molecule has 9 heteroatoms. The molecule has 3 aromatic heterocycles. The number of ether oxygens (including phenoxy) is 1. The topological polar surface area (TPSA) is 114 Å². The maximum Gasteiger partial charge on any atom is 0.255 e. The first kappa shape index (κ1) is 20.7. The van der Waals surface area contributed by atoms with Crippen molar-refractivity contribution in [3.63, 3.8) is 0 Å². The maximum atomic E-state index is 12.4. The van der Waals surface area contributed by atoms with E-state index in [0.29, 0.717) is 34.6 Å². The highest BCUT2D eigenvalue weighted by Gasteiger charge is 2.08. The van der Waals surface area contributed by atoms with Crippen LogP contribution in [0.25, 0.3) is 0 Å². The van der Waals surface area contributed by atoms with Crippen LogP contribution in [0.2, 0.25) is 0 Å². The zero-order valence-corrected chi connectivity index (χ0v) is 17.5. The molecule has 0 saturated heterocycles. The molecular formula is C23H21N7O2. The van der Waals surface area contributed by atoms with Gasteiger partial charge in [-0.15, -0.1) is 0 Å². The van der Waals surface area contributed by atoms with Gasteiger partial charge in [-0.1, -0.05) is 0 Å². The summed E-state index contributed by atoms with van der Waals surface area (Å²) in [5.41, 5.74) is 3.03. The van der Waals surface area contributed by atoms with Crippen molar-refractivity contribution in [2.45, 2.75) is 6.92 Å². The first-order valence-corrected chi connectivity index (χ1v) is 9.79. The standard InChI is InChI=1S/C23H21N7O2/c1-15-7-9-24-19(11-15)30-21-13-20(26-14-27-21)28-17-3-5-18(6-4-17)29-23(31)16-8-10-25-22(12-16)32-2/h3-14H,1-2H3,(H,29,31)(H2,24,26,27,28,30). The molecule has 0 radical (unpaired) electrons. The SMILES string of the molecule is COc1cc(C(=O)Nc2ccc(Nc3cc(Nc4cc(C)ccn4)ncn3)cc2)ccn1. The Labute approximate surface area is 185 Å². The van der Waals surface area contributed by atoms with Crippen LogP contribution in [-0.2, 0) is 0 Å². The van der Waals surface area contributed by atoms with Crippen molar-refractivity contribution in [1.82, 2.24) is 19.9 Å². The van der Waals surface area contributed by atoms with Gasteiger partial charge in [0.15, 0.2) is 0 Å². The van der Waals surface area contributed by atoms with Gasteiger partial charge in [-0.25, -0.2) is 19.9 Å². The van der Waals surface area contributed by atoms with E-state index in [9.17, 15) is 4.79 Å². The molecule has 3 N–H and O–H groups in total. The molecule has 0 aliphatic rings. The third-order valence-electron chi connectivity index (χ3n) is 4.46. The summed E-state index contributed by atoms with van der Waals surface area (Å²) in [6, 6.07) is 16.2. The first-order valence-electron chi connectivity index (χ1n) is 9.79. The third kappa shape index (κ3) is 5.33. The van der Waals surface area contributed by atoms with Crippen molar-refractivity contribution < 1.29 is 9.53 Å². The first-order chi connectivity index (χ1) is 15.6. The largest absolute Gasteiger partial charge is 0.481 e. The Morgan fingerprint density at radius 1 is 0.781 bits per heavy atom. The van der Waals surface area contributed by atoms with Crippen molar-refractivity contribution in [3.8, 4) is 5.88 Å². The predicted molar refractivity (Wildman–Crippen MR) is 123 cm³/mol. The molecule has 0 spiro atoms. The number of nitrogens with one attached hydrogen (secondary N) is 3. The Morgan fingerprint density at radius 3 is 2.22 bits per heavy atom. The Kier molecular flexibility index (Phi) is 6.17. The second-order valence-electron chi connectivity index (χ2n) is 6.88. The maximum absolute atomic E-state index is 12.4. The number of hydrogen-bond donors (Lipinski definition) is 3. The van der Waals surface area contributed by atoms with Gasteiger partial charge in [0.1, 0.15) is 23.8 Å². The molecule has 0 unspecified atom stereocenters. The fraction of sp³-hybridized carbons (Fsp3) is 0.0870. The molecule has 0 saturated carbocycles. The number of aryl methyl sites for hydroxylation is 1. The summed E-state index contributed by atoms with van der Waals surface area (Å²) in [7, 11) is 1.51. The number of amides is 1. The van der Waals surface area contributed by atoms with Gasteiger partial charge in [-0.05, 0) is 55.0 Å². The van der Waals surface area contributed by atoms with E-state index < -0.39 is 0 Å². The van der Waals surface area contributed by atoms with Crippen LogP contribution in [0.3, 0.4) is 0 Å². The number of anilines is 5. The number of rotatable bonds is 7. The highest BCUT2D eigenvalue weighted by Crippen LogP contribution is 2.21. The molecule has 1 aromatic carbocycles. The van der Waals surface area contributed by atoms with Crippen LogP contribution in [0.15, 0.2) is 73.3 Å². The van der Waals surface area contributed by atoms with Crippen molar-refractivity contribution in [2.24, 2.45) is 0 Å². The lowest BCUT2D eigenvalue weighted by molar-refractivity contribution is 0.102. The summed E-state index contributed by atoms with van der Waals surface area (Å²) in [4.78, 5) is 29.2. The average molecular weight is 427 g/mol. The van der Waals surface area contributed by atoms with Gasteiger partial charge in [-0.3, -0.25) is 4.79 Å². The van der Waals surface area contributed by atoms with Gasteiger partial charge < -0.3 is 20.7 Å². The van der Waals surface area contributed by atoms with Gasteiger partial charge in [-0.2, -0.15) is 0 Å². The zero-order chi connectivity index (χ0) is 22.3. The molecule has 160 valence electrons. The number of benzene rings is 1. The van der Waals surface area contributed by atoms with E-state index in [4.69, 9.17) is 4.74 Å². The van der Waals surface area contributed by atoms with Crippen LogP contribution in [0, 0.1) is 6.92 Å². The zero-order valence-electron chi connectivity index (χ0n) is 17.5. The Hall–Kier alpha value is -4.53. The molecule has 0 aliphatic heterocycles. The van der Waals surface area contributed by atoms with Crippen LogP contribution in [0.5, 0.6) is 5.88 Å². The van der Waals surface area contributed by atoms with E-state index in [1.54, 1.807) is 36.5 Å². The normalized spacial score (nSPS) is 10.3. The number of aromatic nitrogens is 4. The lowest BCUT2D eigenvalue weighted by atomic mass is 10.2. The molecule has 4 aromatic rings. The highest BCUT2D eigenvalue weighted by atomic mass is 16.5. The summed E-state index contributed by atoms with van der Waals surface area (Å²) < 4.78 is 5.06. The molecule has 9 nitrogen and oxygen atoms in total. The van der Waals surface area contributed by atoms with Crippen LogP contribution in [0.4, 0.5) is 28.8 Å². The van der Waals surface area contributed by atoms with E-state index in [-0.39, 0.29) is 5.91 Å². The number of pyridine rings is 2. The summed E-state index contributed by atoms with van der Waals surface area (Å²) in [6.45, 7) is 2.00. The van der Waals surface area contributed by atoms with Gasteiger partial charge in [0.2, 0.25) is 5.88 Å². The minimum atomic E-state index is -0.248. The summed E-state index contributed by atoms with van der Waals surface area (Å²) in [5, 5.41) is 9.23. The number of carbonyl (C=O) groups excluding carboxylic acids is 1. The number of hydrogen-bond acceptors (Lipinski definition) is 8. The Balaban J connectivity index is 1.40. The van der Waals surface area contributed by atoms with E-state index in [0.717, 1.165) is 11.3 Å². The number of methoxy groups -OCH3 is 1. The van der Waals surface area contributed by atoms with Crippen molar-refractivity contribution >= 4 is 34.7 Å². The smallest absolute Gasteiger partial charge is 0.255 e. The van der Waals surface area contributed by atoms with Crippen molar-refractivity contribution in [1.29, 1.82) is 0 Å². The second kappa shape index (κ2) is 9.52. The quantitative estimate of drug-likeness (QED) is 0.399. The second-order valence-corrected chi connectivity index (χ2v) is 6.88. The summed E-state index contributed by atoms with van der Waals surface area (Å²) in [6.07, 6.45) is 4.74. The minimum absolute atomic E-state index is 0.248. The van der Waals surface area contributed by atoms with E-state index in [1.807, 2.05) is 31.2 Å². The fourth-order valence-electron chi connectivity index (χ4n) is 2.88. The predicted octanol–water partition coefficient (Wildman–Crippen LogP) is 4.32. The van der Waals surface area contributed by atoms with Gasteiger partial charge in [0.05, 0.1) is 7.11 Å². The average Bonchev–Trinajstić information content (AvgIpc) is 2.81. The van der Waals surface area contributed by atoms with Crippen LogP contribution in [-0.4, -0.2) is 33.0 Å². The summed E-state index contributed by atoms with van der Waals surface area (Å²) in [5.74, 6) is 2.09. The Morgan fingerprint density at radius 2 is 1.47 bits per heavy atom. The monoisotopic (exact) mass is 427 g/mol. The third-order valence-corrected chi connectivity index (χ3v) is 4.46. The lowest BCUT2D eigenvalue weighted by Crippen LogP contribution is -2.12. The number of carbonyl (C=O) groups is 1. The van der Waals surface area contributed by atoms with Crippen LogP contribution in [0.1, 0.15) is 15.9 Å². The number of nitrogens with zero attached hydrogens (tertiary/aromatic N) is 4. The molecular weight excluding hydrogens is 406 g/mol. The Bertz CT molecular complexity index is 1230. The van der Waals surface area contributed by atoms with Crippen LogP contribution < -0.4 is 20.7 Å². The fourth-order valence-corrected chi connectivity index (χ4v) is 2.88. The summed E-state index contributed by atoms with van der Waals surface area (Å²) >= 11 is 0. The highest BCUT2D eigenvalue weighted by molar-refractivity contribution is 6.04. The molecule has 3 heterocycles. The molecule has 32 heavy (non-hydrogen) atoms. The van der Waals surface area contributed by atoms with Crippen molar-refractivity contribution in [2.75, 3.05) is 23.1 Å². The molecule has 0 bridgehead atoms. The minimum Gasteiger partial charge on any atom is -0.481 e. The van der Waals surface area contributed by atoms with Crippen molar-refractivity contribution in [3.05, 3.63) is 84.4 Å². The van der Waals surface area contributed by atoms with E-state index in [2.05, 4.69) is 35.9 Å². The molecule has 0 fully saturated rings. The molecule has 0 aliphatic carbocycles.